The Bertz CT molecular complexity index is 314. The summed E-state index contributed by atoms with van der Waals surface area (Å²) in [7, 11) is 1.38. The number of nitrogens with zero attached hydrogens (tertiary/aromatic N) is 2. The van der Waals surface area contributed by atoms with Gasteiger partial charge in [-0.2, -0.15) is 0 Å². The summed E-state index contributed by atoms with van der Waals surface area (Å²) in [6, 6.07) is 0. The van der Waals surface area contributed by atoms with Gasteiger partial charge in [0.2, 0.25) is 5.91 Å². The molecule has 1 aliphatic rings. The molecule has 0 bridgehead atoms. The highest BCUT2D eigenvalue weighted by molar-refractivity contribution is 5.86. The van der Waals surface area contributed by atoms with Crippen molar-refractivity contribution < 1.29 is 14.3 Å². The maximum absolute atomic E-state index is 11.8. The number of carbonyl (C=O) groups is 2. The number of likely N-dealkylation sites (tertiary alicyclic amines) is 1. The Morgan fingerprint density at radius 2 is 1.95 bits per heavy atom. The second kappa shape index (κ2) is 8.95. The molecule has 116 valence electrons. The standard InChI is InChI=1S/C15H28N2O3/c1-4-7-16(8-5-2)9-6-10-17-12-13(11-14(17)18)15(19)20-3/h13H,4-12H2,1-3H3. The molecule has 0 aromatic rings. The summed E-state index contributed by atoms with van der Waals surface area (Å²) >= 11 is 0. The van der Waals surface area contributed by atoms with Crippen molar-refractivity contribution in [3.8, 4) is 0 Å². The molecule has 0 aromatic heterocycles. The van der Waals surface area contributed by atoms with Crippen LogP contribution in [0.2, 0.25) is 0 Å². The molecule has 1 unspecified atom stereocenters. The Kier molecular flexibility index (Phi) is 7.59. The maximum atomic E-state index is 11.8. The summed E-state index contributed by atoms with van der Waals surface area (Å²) in [5.74, 6) is -0.452. The van der Waals surface area contributed by atoms with Crippen LogP contribution in [0.15, 0.2) is 0 Å². The Labute approximate surface area is 122 Å². The highest BCUT2D eigenvalue weighted by atomic mass is 16.5. The zero-order valence-electron chi connectivity index (χ0n) is 13.1. The van der Waals surface area contributed by atoms with Gasteiger partial charge in [-0.3, -0.25) is 9.59 Å². The van der Waals surface area contributed by atoms with Crippen LogP contribution in [0.5, 0.6) is 0 Å². The fourth-order valence-electron chi connectivity index (χ4n) is 2.77. The monoisotopic (exact) mass is 284 g/mol. The molecule has 1 atom stereocenters. The number of rotatable bonds is 9. The van der Waals surface area contributed by atoms with Crippen molar-refractivity contribution in [3.63, 3.8) is 0 Å². The topological polar surface area (TPSA) is 49.9 Å². The minimum absolute atomic E-state index is 0.0814. The number of ether oxygens (including phenoxy) is 1. The fraction of sp³-hybridized carbons (Fsp3) is 0.867. The molecule has 0 N–H and O–H groups in total. The van der Waals surface area contributed by atoms with Crippen LogP contribution >= 0.6 is 0 Å². The molecule has 5 nitrogen and oxygen atoms in total. The molecule has 1 aliphatic heterocycles. The summed E-state index contributed by atoms with van der Waals surface area (Å²) in [4.78, 5) is 27.5. The van der Waals surface area contributed by atoms with Gasteiger partial charge in [0.1, 0.15) is 0 Å². The molecule has 0 spiro atoms. The van der Waals surface area contributed by atoms with Crippen LogP contribution in [0, 0.1) is 5.92 Å². The predicted octanol–water partition coefficient (Wildman–Crippen LogP) is 1.52. The zero-order chi connectivity index (χ0) is 15.0. The SMILES string of the molecule is CCCN(CCC)CCCN1CC(C(=O)OC)CC1=O. The van der Waals surface area contributed by atoms with E-state index in [1.165, 1.54) is 7.11 Å². The van der Waals surface area contributed by atoms with Gasteiger partial charge in [0, 0.05) is 19.5 Å². The average molecular weight is 284 g/mol. The summed E-state index contributed by atoms with van der Waals surface area (Å²) in [6.07, 6.45) is 3.60. The lowest BCUT2D eigenvalue weighted by molar-refractivity contribution is -0.145. The van der Waals surface area contributed by atoms with Crippen molar-refractivity contribution in [1.29, 1.82) is 0 Å². The van der Waals surface area contributed by atoms with E-state index in [1.807, 2.05) is 0 Å². The molecule has 1 fully saturated rings. The van der Waals surface area contributed by atoms with Crippen LogP contribution in [-0.4, -0.2) is 61.5 Å². The number of carbonyl (C=O) groups excluding carboxylic acids is 2. The van der Waals surface area contributed by atoms with Crippen molar-refractivity contribution in [2.24, 2.45) is 5.92 Å². The van der Waals surface area contributed by atoms with E-state index in [1.54, 1.807) is 4.90 Å². The van der Waals surface area contributed by atoms with Gasteiger partial charge < -0.3 is 14.5 Å². The molecule has 0 saturated carbocycles. The van der Waals surface area contributed by atoms with Crippen molar-refractivity contribution in [2.75, 3.05) is 39.8 Å². The maximum Gasteiger partial charge on any atom is 0.310 e. The second-order valence-electron chi connectivity index (χ2n) is 5.46. The van der Waals surface area contributed by atoms with E-state index in [-0.39, 0.29) is 17.8 Å². The minimum Gasteiger partial charge on any atom is -0.469 e. The smallest absolute Gasteiger partial charge is 0.310 e. The molecule has 1 heterocycles. The molecular formula is C15H28N2O3. The molecule has 0 radical (unpaired) electrons. The van der Waals surface area contributed by atoms with Gasteiger partial charge in [0.05, 0.1) is 13.0 Å². The first-order chi connectivity index (χ1) is 9.62. The first-order valence-electron chi connectivity index (χ1n) is 7.70. The van der Waals surface area contributed by atoms with E-state index in [4.69, 9.17) is 4.74 Å². The largest absolute Gasteiger partial charge is 0.469 e. The first-order valence-corrected chi connectivity index (χ1v) is 7.70. The van der Waals surface area contributed by atoms with E-state index in [2.05, 4.69) is 18.7 Å². The van der Waals surface area contributed by atoms with E-state index < -0.39 is 0 Å². The summed E-state index contributed by atoms with van der Waals surface area (Å²) < 4.78 is 4.71. The number of hydrogen-bond acceptors (Lipinski definition) is 4. The third-order valence-electron chi connectivity index (χ3n) is 3.73. The highest BCUT2D eigenvalue weighted by Gasteiger charge is 2.34. The van der Waals surface area contributed by atoms with Crippen LogP contribution in [0.25, 0.3) is 0 Å². The number of hydrogen-bond donors (Lipinski definition) is 0. The van der Waals surface area contributed by atoms with Crippen LogP contribution in [0.3, 0.4) is 0 Å². The lowest BCUT2D eigenvalue weighted by atomic mass is 10.1. The highest BCUT2D eigenvalue weighted by Crippen LogP contribution is 2.19. The van der Waals surface area contributed by atoms with Crippen LogP contribution in [0.4, 0.5) is 0 Å². The van der Waals surface area contributed by atoms with Gasteiger partial charge in [-0.25, -0.2) is 0 Å². The predicted molar refractivity (Wildman–Crippen MR) is 78.3 cm³/mol. The normalized spacial score (nSPS) is 18.9. The van der Waals surface area contributed by atoms with Crippen molar-refractivity contribution in [1.82, 2.24) is 9.80 Å². The van der Waals surface area contributed by atoms with Gasteiger partial charge in [0.25, 0.3) is 0 Å². The molecule has 20 heavy (non-hydrogen) atoms. The first kappa shape index (κ1) is 17.0. The quantitative estimate of drug-likeness (QED) is 0.602. The van der Waals surface area contributed by atoms with Crippen molar-refractivity contribution in [3.05, 3.63) is 0 Å². The fourth-order valence-corrected chi connectivity index (χ4v) is 2.77. The minimum atomic E-state index is -0.269. The lowest BCUT2D eigenvalue weighted by Gasteiger charge is -2.23. The summed E-state index contributed by atoms with van der Waals surface area (Å²) in [5, 5.41) is 0. The van der Waals surface area contributed by atoms with E-state index in [0.717, 1.165) is 45.4 Å². The number of methoxy groups -OCH3 is 1. The number of amides is 1. The van der Waals surface area contributed by atoms with Gasteiger partial charge in [-0.15, -0.1) is 0 Å². The average Bonchev–Trinajstić information content (AvgIpc) is 2.80. The molecule has 0 aromatic carbocycles. The third-order valence-corrected chi connectivity index (χ3v) is 3.73. The summed E-state index contributed by atoms with van der Waals surface area (Å²) in [6.45, 7) is 8.90. The Morgan fingerprint density at radius 1 is 1.30 bits per heavy atom. The van der Waals surface area contributed by atoms with Crippen molar-refractivity contribution >= 4 is 11.9 Å². The molecule has 5 heteroatoms. The second-order valence-corrected chi connectivity index (χ2v) is 5.46. The Hall–Kier alpha value is -1.10. The molecule has 1 rings (SSSR count). The summed E-state index contributed by atoms with van der Waals surface area (Å²) in [5.41, 5.74) is 0. The van der Waals surface area contributed by atoms with Crippen LogP contribution < -0.4 is 0 Å². The van der Waals surface area contributed by atoms with Crippen LogP contribution in [-0.2, 0) is 14.3 Å². The molecule has 1 amide bonds. The van der Waals surface area contributed by atoms with Gasteiger partial charge >= 0.3 is 5.97 Å². The van der Waals surface area contributed by atoms with E-state index >= 15 is 0 Å². The van der Waals surface area contributed by atoms with E-state index in [9.17, 15) is 9.59 Å². The molecular weight excluding hydrogens is 256 g/mol. The Morgan fingerprint density at radius 3 is 2.50 bits per heavy atom. The molecule has 1 saturated heterocycles. The van der Waals surface area contributed by atoms with Gasteiger partial charge in [-0.05, 0) is 38.9 Å². The van der Waals surface area contributed by atoms with Crippen LogP contribution in [0.1, 0.15) is 39.5 Å². The third kappa shape index (κ3) is 5.12. The van der Waals surface area contributed by atoms with Gasteiger partial charge in [0.15, 0.2) is 0 Å². The zero-order valence-corrected chi connectivity index (χ0v) is 13.1. The van der Waals surface area contributed by atoms with E-state index in [0.29, 0.717) is 13.0 Å². The Balaban J connectivity index is 2.31. The lowest BCUT2D eigenvalue weighted by Crippen LogP contribution is -2.32. The molecule has 0 aliphatic carbocycles. The van der Waals surface area contributed by atoms with Crippen molar-refractivity contribution in [2.45, 2.75) is 39.5 Å². The number of esters is 1. The van der Waals surface area contributed by atoms with Gasteiger partial charge in [-0.1, -0.05) is 13.8 Å².